The maximum absolute atomic E-state index is 11.7. The molecule has 1 heterocycles. The third kappa shape index (κ3) is 3.85. The summed E-state index contributed by atoms with van der Waals surface area (Å²) < 4.78 is 22.7. The fourth-order valence-electron chi connectivity index (χ4n) is 2.85. The van der Waals surface area contributed by atoms with Gasteiger partial charge >= 0.3 is 0 Å². The molecule has 6 heteroatoms. The molecule has 2 unspecified atom stereocenters. The van der Waals surface area contributed by atoms with Crippen molar-refractivity contribution < 1.29 is 13.2 Å². The number of rotatable bonds is 4. The van der Waals surface area contributed by atoms with Crippen LogP contribution < -0.4 is 5.32 Å². The molecule has 1 saturated heterocycles. The quantitative estimate of drug-likeness (QED) is 0.799. The Kier molecular flexibility index (Phi) is 4.54. The van der Waals surface area contributed by atoms with Gasteiger partial charge in [-0.2, -0.15) is 0 Å². The highest BCUT2D eigenvalue weighted by molar-refractivity contribution is 7.91. The zero-order valence-corrected chi connectivity index (χ0v) is 12.0. The fourth-order valence-corrected chi connectivity index (χ4v) is 5.40. The average Bonchev–Trinajstić information content (AvgIpc) is 2.84. The number of halogens is 1. The molecule has 104 valence electrons. The van der Waals surface area contributed by atoms with Gasteiger partial charge in [-0.15, -0.1) is 11.6 Å². The van der Waals surface area contributed by atoms with Crippen LogP contribution in [0.5, 0.6) is 0 Å². The van der Waals surface area contributed by atoms with Gasteiger partial charge in [0.05, 0.1) is 22.9 Å². The maximum Gasteiger partial charge on any atom is 0.220 e. The van der Waals surface area contributed by atoms with Gasteiger partial charge in [0.1, 0.15) is 0 Å². The molecular formula is C12H20ClNO3S. The van der Waals surface area contributed by atoms with Crippen molar-refractivity contribution in [3.63, 3.8) is 0 Å². The topological polar surface area (TPSA) is 63.2 Å². The van der Waals surface area contributed by atoms with Gasteiger partial charge < -0.3 is 5.32 Å². The Hall–Kier alpha value is -0.290. The molecule has 2 rings (SSSR count). The van der Waals surface area contributed by atoms with Crippen molar-refractivity contribution in [1.29, 1.82) is 0 Å². The fraction of sp³-hybridized carbons (Fsp3) is 0.917. The molecule has 18 heavy (non-hydrogen) atoms. The highest BCUT2D eigenvalue weighted by atomic mass is 35.5. The van der Waals surface area contributed by atoms with Gasteiger partial charge in [0.25, 0.3) is 0 Å². The lowest BCUT2D eigenvalue weighted by molar-refractivity contribution is -0.121. The molecule has 0 aromatic carbocycles. The van der Waals surface area contributed by atoms with E-state index < -0.39 is 21.3 Å². The second kappa shape index (κ2) is 5.78. The Bertz CT molecular complexity index is 404. The first-order chi connectivity index (χ1) is 8.46. The Labute approximate surface area is 113 Å². The summed E-state index contributed by atoms with van der Waals surface area (Å²) in [6, 6.07) is -0.409. The molecule has 1 aliphatic carbocycles. The number of hydrogen-bond acceptors (Lipinski definition) is 3. The minimum atomic E-state index is -3.07. The standard InChI is InChI=1S/C12H20ClNO3S/c13-10-7-18(16,17)8-11(10)14-12(15)6-5-9-3-1-2-4-9/h9-11H,1-8H2,(H,14,15). The van der Waals surface area contributed by atoms with Gasteiger partial charge in [-0.3, -0.25) is 4.79 Å². The number of amides is 1. The lowest BCUT2D eigenvalue weighted by Gasteiger charge is -2.15. The van der Waals surface area contributed by atoms with E-state index in [2.05, 4.69) is 5.32 Å². The van der Waals surface area contributed by atoms with Crippen molar-refractivity contribution >= 4 is 27.3 Å². The monoisotopic (exact) mass is 293 g/mol. The van der Waals surface area contributed by atoms with E-state index in [4.69, 9.17) is 11.6 Å². The van der Waals surface area contributed by atoms with Crippen LogP contribution in [0.4, 0.5) is 0 Å². The lowest BCUT2D eigenvalue weighted by Crippen LogP contribution is -2.40. The first-order valence-corrected chi connectivity index (χ1v) is 8.86. The van der Waals surface area contributed by atoms with E-state index in [-0.39, 0.29) is 17.4 Å². The third-order valence-corrected chi connectivity index (χ3v) is 6.26. The Balaban J connectivity index is 1.74. The highest BCUT2D eigenvalue weighted by Gasteiger charge is 2.37. The van der Waals surface area contributed by atoms with Crippen LogP contribution in [-0.2, 0) is 14.6 Å². The number of sulfone groups is 1. The second-order valence-corrected chi connectivity index (χ2v) is 8.17. The SMILES string of the molecule is O=C(CCC1CCCC1)NC1CS(=O)(=O)CC1Cl. The summed E-state index contributed by atoms with van der Waals surface area (Å²) in [7, 11) is -3.07. The van der Waals surface area contributed by atoms with Crippen LogP contribution in [0.15, 0.2) is 0 Å². The normalized spacial score (nSPS) is 31.6. The van der Waals surface area contributed by atoms with Crippen molar-refractivity contribution in [1.82, 2.24) is 5.32 Å². The second-order valence-electron chi connectivity index (χ2n) is 5.46. The van der Waals surface area contributed by atoms with Gasteiger partial charge in [0.2, 0.25) is 5.91 Å². The summed E-state index contributed by atoms with van der Waals surface area (Å²) >= 11 is 5.94. The summed E-state index contributed by atoms with van der Waals surface area (Å²) in [6.07, 6.45) is 6.41. The predicted octanol–water partition coefficient (Wildman–Crippen LogP) is 1.48. The van der Waals surface area contributed by atoms with Crippen molar-refractivity contribution in [3.8, 4) is 0 Å². The van der Waals surface area contributed by atoms with Crippen LogP contribution in [0.1, 0.15) is 38.5 Å². The third-order valence-electron chi connectivity index (χ3n) is 3.88. The number of nitrogens with one attached hydrogen (secondary N) is 1. The van der Waals surface area contributed by atoms with Crippen LogP contribution in [0.2, 0.25) is 0 Å². The van der Waals surface area contributed by atoms with Crippen LogP contribution in [0, 0.1) is 5.92 Å². The molecule has 1 saturated carbocycles. The van der Waals surface area contributed by atoms with Crippen molar-refractivity contribution in [2.45, 2.75) is 49.9 Å². The molecule has 0 radical (unpaired) electrons. The number of alkyl halides is 1. The largest absolute Gasteiger partial charge is 0.351 e. The molecule has 0 spiro atoms. The van der Waals surface area contributed by atoms with Gasteiger partial charge in [-0.1, -0.05) is 25.7 Å². The zero-order chi connectivity index (χ0) is 13.2. The Morgan fingerprint density at radius 1 is 1.22 bits per heavy atom. The maximum atomic E-state index is 11.7. The van der Waals surface area contributed by atoms with E-state index in [9.17, 15) is 13.2 Å². The van der Waals surface area contributed by atoms with Gasteiger partial charge in [0, 0.05) is 6.42 Å². The molecule has 1 N–H and O–H groups in total. The average molecular weight is 294 g/mol. The van der Waals surface area contributed by atoms with Gasteiger partial charge in [-0.05, 0) is 12.3 Å². The molecule has 2 aliphatic rings. The van der Waals surface area contributed by atoms with E-state index in [1.165, 1.54) is 25.7 Å². The summed E-state index contributed by atoms with van der Waals surface area (Å²) in [5, 5.41) is 2.28. The van der Waals surface area contributed by atoms with Crippen LogP contribution in [-0.4, -0.2) is 37.2 Å². The van der Waals surface area contributed by atoms with Crippen molar-refractivity contribution in [2.24, 2.45) is 5.92 Å². The van der Waals surface area contributed by atoms with E-state index >= 15 is 0 Å². The van der Waals surface area contributed by atoms with Crippen molar-refractivity contribution in [2.75, 3.05) is 11.5 Å². The van der Waals surface area contributed by atoms with E-state index in [1.54, 1.807) is 0 Å². The first kappa shape index (κ1) is 14.1. The van der Waals surface area contributed by atoms with Crippen LogP contribution in [0.3, 0.4) is 0 Å². The molecule has 2 fully saturated rings. The molecule has 4 nitrogen and oxygen atoms in total. The molecular weight excluding hydrogens is 274 g/mol. The number of carbonyl (C=O) groups excluding carboxylic acids is 1. The first-order valence-electron chi connectivity index (χ1n) is 6.60. The van der Waals surface area contributed by atoms with Crippen molar-refractivity contribution in [3.05, 3.63) is 0 Å². The van der Waals surface area contributed by atoms with E-state index in [0.717, 1.165) is 6.42 Å². The summed E-state index contributed by atoms with van der Waals surface area (Å²) in [4.78, 5) is 11.7. The minimum Gasteiger partial charge on any atom is -0.351 e. The highest BCUT2D eigenvalue weighted by Crippen LogP contribution is 2.28. The molecule has 0 bridgehead atoms. The Morgan fingerprint density at radius 2 is 1.89 bits per heavy atom. The molecule has 1 amide bonds. The van der Waals surface area contributed by atoms with Gasteiger partial charge in [-0.25, -0.2) is 8.42 Å². The van der Waals surface area contributed by atoms with Crippen LogP contribution in [0.25, 0.3) is 0 Å². The smallest absolute Gasteiger partial charge is 0.220 e. The predicted molar refractivity (Wildman–Crippen MR) is 71.4 cm³/mol. The summed E-state index contributed by atoms with van der Waals surface area (Å²) in [5.74, 6) is 0.572. The van der Waals surface area contributed by atoms with Crippen LogP contribution >= 0.6 is 11.6 Å². The molecule has 0 aromatic rings. The number of carbonyl (C=O) groups is 1. The zero-order valence-electron chi connectivity index (χ0n) is 10.4. The minimum absolute atomic E-state index is 0.0175. The molecule has 2 atom stereocenters. The summed E-state index contributed by atoms with van der Waals surface area (Å²) in [6.45, 7) is 0. The van der Waals surface area contributed by atoms with E-state index in [1.807, 2.05) is 0 Å². The van der Waals surface area contributed by atoms with Gasteiger partial charge in [0.15, 0.2) is 9.84 Å². The van der Waals surface area contributed by atoms with E-state index in [0.29, 0.717) is 12.3 Å². The molecule has 0 aromatic heterocycles. The molecule has 1 aliphatic heterocycles. The summed E-state index contributed by atoms with van der Waals surface area (Å²) in [5.41, 5.74) is 0. The Morgan fingerprint density at radius 3 is 2.44 bits per heavy atom. The lowest BCUT2D eigenvalue weighted by atomic mass is 10.0. The number of hydrogen-bond donors (Lipinski definition) is 1.